The van der Waals surface area contributed by atoms with E-state index in [0.717, 1.165) is 5.06 Å². The highest BCUT2D eigenvalue weighted by Gasteiger charge is 2.32. The second kappa shape index (κ2) is 2.32. The number of benzene rings is 1. The lowest BCUT2D eigenvalue weighted by molar-refractivity contribution is 0.0938. The van der Waals surface area contributed by atoms with Crippen molar-refractivity contribution in [3.63, 3.8) is 0 Å². The van der Waals surface area contributed by atoms with Gasteiger partial charge in [0, 0.05) is 5.56 Å². The van der Waals surface area contributed by atoms with E-state index in [1.54, 1.807) is 31.2 Å². The average molecular weight is 163 g/mol. The smallest absolute Gasteiger partial charge is 0.189 e. The van der Waals surface area contributed by atoms with Crippen molar-refractivity contribution < 1.29 is 10.0 Å². The quantitative estimate of drug-likeness (QED) is 0.629. The van der Waals surface area contributed by atoms with Gasteiger partial charge in [-0.25, -0.2) is 5.06 Å². The van der Waals surface area contributed by atoms with Crippen LogP contribution in [0.2, 0.25) is 0 Å². The number of ketones is 1. The molecule has 0 bridgehead atoms. The van der Waals surface area contributed by atoms with Gasteiger partial charge in [0.1, 0.15) is 6.04 Å². The standard InChI is InChI=1S/C9H9NO2/c1-6-9(11)7-4-2-3-5-8(7)10(6)12/h2-6,12H,1H3. The molecule has 0 aliphatic carbocycles. The molecule has 1 aromatic rings. The third-order valence-electron chi connectivity index (χ3n) is 2.16. The third kappa shape index (κ3) is 0.769. The number of hydroxylamine groups is 1. The van der Waals surface area contributed by atoms with Gasteiger partial charge in [0.25, 0.3) is 0 Å². The number of hydrogen-bond acceptors (Lipinski definition) is 3. The van der Waals surface area contributed by atoms with Gasteiger partial charge in [-0.15, -0.1) is 0 Å². The maximum absolute atomic E-state index is 11.4. The number of para-hydroxylation sites is 1. The van der Waals surface area contributed by atoms with E-state index in [4.69, 9.17) is 0 Å². The van der Waals surface area contributed by atoms with Crippen LogP contribution < -0.4 is 5.06 Å². The van der Waals surface area contributed by atoms with Crippen molar-refractivity contribution >= 4 is 11.5 Å². The van der Waals surface area contributed by atoms with Gasteiger partial charge in [-0.3, -0.25) is 10.0 Å². The Kier molecular flexibility index (Phi) is 1.41. The van der Waals surface area contributed by atoms with Gasteiger partial charge in [-0.2, -0.15) is 0 Å². The molecule has 1 unspecified atom stereocenters. The Morgan fingerprint density at radius 2 is 2.08 bits per heavy atom. The van der Waals surface area contributed by atoms with E-state index in [1.807, 2.05) is 0 Å². The molecule has 3 heteroatoms. The van der Waals surface area contributed by atoms with E-state index in [9.17, 15) is 10.0 Å². The van der Waals surface area contributed by atoms with Gasteiger partial charge >= 0.3 is 0 Å². The van der Waals surface area contributed by atoms with E-state index >= 15 is 0 Å². The SMILES string of the molecule is CC1C(=O)c2ccccc2N1O. The van der Waals surface area contributed by atoms with Crippen LogP contribution in [0, 0.1) is 0 Å². The van der Waals surface area contributed by atoms with Crippen LogP contribution >= 0.6 is 0 Å². The fourth-order valence-corrected chi connectivity index (χ4v) is 1.43. The van der Waals surface area contributed by atoms with Crippen molar-refractivity contribution in [2.24, 2.45) is 0 Å². The fourth-order valence-electron chi connectivity index (χ4n) is 1.43. The minimum Gasteiger partial charge on any atom is -0.292 e. The fraction of sp³-hybridized carbons (Fsp3) is 0.222. The average Bonchev–Trinajstić information content (AvgIpc) is 2.33. The Balaban J connectivity index is 2.59. The van der Waals surface area contributed by atoms with Crippen LogP contribution in [-0.4, -0.2) is 17.0 Å². The van der Waals surface area contributed by atoms with Crippen LogP contribution in [0.5, 0.6) is 0 Å². The molecule has 0 radical (unpaired) electrons. The zero-order valence-corrected chi connectivity index (χ0v) is 6.69. The second-order valence-electron chi connectivity index (χ2n) is 2.90. The number of hydrogen-bond donors (Lipinski definition) is 1. The van der Waals surface area contributed by atoms with Gasteiger partial charge in [0.05, 0.1) is 5.69 Å². The second-order valence-corrected chi connectivity index (χ2v) is 2.90. The molecule has 3 nitrogen and oxygen atoms in total. The maximum Gasteiger partial charge on any atom is 0.189 e. The monoisotopic (exact) mass is 163 g/mol. The minimum atomic E-state index is -0.442. The van der Waals surface area contributed by atoms with Gasteiger partial charge < -0.3 is 0 Å². The van der Waals surface area contributed by atoms with Crippen LogP contribution in [0.1, 0.15) is 17.3 Å². The van der Waals surface area contributed by atoms with Gasteiger partial charge in [0.15, 0.2) is 5.78 Å². The lowest BCUT2D eigenvalue weighted by atomic mass is 10.1. The van der Waals surface area contributed by atoms with E-state index in [-0.39, 0.29) is 5.78 Å². The van der Waals surface area contributed by atoms with Crippen molar-refractivity contribution in [2.75, 3.05) is 5.06 Å². The van der Waals surface area contributed by atoms with Crippen molar-refractivity contribution in [3.8, 4) is 0 Å². The number of anilines is 1. The summed E-state index contributed by atoms with van der Waals surface area (Å²) in [6.45, 7) is 1.68. The van der Waals surface area contributed by atoms with Crippen molar-refractivity contribution in [3.05, 3.63) is 29.8 Å². The first-order valence-electron chi connectivity index (χ1n) is 3.83. The highest BCUT2D eigenvalue weighted by atomic mass is 16.5. The zero-order valence-electron chi connectivity index (χ0n) is 6.69. The molecule has 62 valence electrons. The predicted octanol–water partition coefficient (Wildman–Crippen LogP) is 1.47. The first-order chi connectivity index (χ1) is 5.72. The number of fused-ring (bicyclic) bond motifs is 1. The van der Waals surface area contributed by atoms with Gasteiger partial charge in [-0.05, 0) is 19.1 Å². The molecule has 1 aliphatic rings. The number of rotatable bonds is 0. The molecule has 0 saturated carbocycles. The number of Topliss-reactive ketones (excluding diaryl/α,β-unsaturated/α-hetero) is 1. The molecule has 0 saturated heterocycles. The number of carbonyl (C=O) groups excluding carboxylic acids is 1. The third-order valence-corrected chi connectivity index (χ3v) is 2.16. The lowest BCUT2D eigenvalue weighted by Crippen LogP contribution is -2.28. The molecule has 0 amide bonds. The highest BCUT2D eigenvalue weighted by molar-refractivity contribution is 6.10. The largest absolute Gasteiger partial charge is 0.292 e. The number of carbonyl (C=O) groups is 1. The molecule has 1 N–H and O–H groups in total. The molecule has 0 spiro atoms. The molecule has 1 heterocycles. The van der Waals surface area contributed by atoms with Crippen LogP contribution in [0.3, 0.4) is 0 Å². The van der Waals surface area contributed by atoms with Crippen molar-refractivity contribution in [1.82, 2.24) is 0 Å². The van der Waals surface area contributed by atoms with E-state index in [1.165, 1.54) is 0 Å². The van der Waals surface area contributed by atoms with E-state index in [2.05, 4.69) is 0 Å². The summed E-state index contributed by atoms with van der Waals surface area (Å²) in [4.78, 5) is 11.4. The Bertz CT molecular complexity index is 335. The summed E-state index contributed by atoms with van der Waals surface area (Å²) < 4.78 is 0. The van der Waals surface area contributed by atoms with Crippen molar-refractivity contribution in [1.29, 1.82) is 0 Å². The first-order valence-corrected chi connectivity index (χ1v) is 3.83. The summed E-state index contributed by atoms with van der Waals surface area (Å²) >= 11 is 0. The topological polar surface area (TPSA) is 40.5 Å². The summed E-state index contributed by atoms with van der Waals surface area (Å²) in [5.41, 5.74) is 1.21. The lowest BCUT2D eigenvalue weighted by Gasteiger charge is -2.13. The number of nitrogens with zero attached hydrogens (tertiary/aromatic N) is 1. The molecule has 1 aromatic carbocycles. The molecular weight excluding hydrogens is 154 g/mol. The van der Waals surface area contributed by atoms with E-state index in [0.29, 0.717) is 11.3 Å². The summed E-state index contributed by atoms with van der Waals surface area (Å²) in [5.74, 6) is -0.0203. The minimum absolute atomic E-state index is 0.0203. The van der Waals surface area contributed by atoms with Gasteiger partial charge in [0.2, 0.25) is 0 Å². The Labute approximate surface area is 70.2 Å². The molecule has 2 rings (SSSR count). The van der Waals surface area contributed by atoms with Crippen LogP contribution in [-0.2, 0) is 0 Å². The zero-order chi connectivity index (χ0) is 8.72. The van der Waals surface area contributed by atoms with Crippen LogP contribution in [0.4, 0.5) is 5.69 Å². The molecule has 0 aromatic heterocycles. The van der Waals surface area contributed by atoms with Crippen molar-refractivity contribution in [2.45, 2.75) is 13.0 Å². The normalized spacial score (nSPS) is 21.3. The maximum atomic E-state index is 11.4. The summed E-state index contributed by atoms with van der Waals surface area (Å²) in [5, 5.41) is 10.4. The van der Waals surface area contributed by atoms with E-state index < -0.39 is 6.04 Å². The summed E-state index contributed by atoms with van der Waals surface area (Å²) in [7, 11) is 0. The molecular formula is C9H9NO2. The predicted molar refractivity (Wildman–Crippen MR) is 44.5 cm³/mol. The molecule has 1 atom stereocenters. The van der Waals surface area contributed by atoms with Crippen LogP contribution in [0.25, 0.3) is 0 Å². The molecule has 1 aliphatic heterocycles. The molecule has 0 fully saturated rings. The van der Waals surface area contributed by atoms with Crippen LogP contribution in [0.15, 0.2) is 24.3 Å². The first kappa shape index (κ1) is 7.31. The molecule has 12 heavy (non-hydrogen) atoms. The Hall–Kier alpha value is -1.35. The Morgan fingerprint density at radius 3 is 2.75 bits per heavy atom. The summed E-state index contributed by atoms with van der Waals surface area (Å²) in [6.07, 6.45) is 0. The summed E-state index contributed by atoms with van der Waals surface area (Å²) in [6, 6.07) is 6.61. The Morgan fingerprint density at radius 1 is 1.42 bits per heavy atom. The van der Waals surface area contributed by atoms with Gasteiger partial charge in [-0.1, -0.05) is 12.1 Å². The highest BCUT2D eigenvalue weighted by Crippen LogP contribution is 2.29.